The molecule has 1 rings (SSSR count). The molecule has 0 aliphatic heterocycles. The van der Waals surface area contributed by atoms with E-state index in [4.69, 9.17) is 14.2 Å². The highest BCUT2D eigenvalue weighted by Gasteiger charge is 2.14. The van der Waals surface area contributed by atoms with Crippen molar-refractivity contribution in [2.75, 3.05) is 39.5 Å². The van der Waals surface area contributed by atoms with Crippen molar-refractivity contribution < 1.29 is 19.3 Å². The van der Waals surface area contributed by atoms with Gasteiger partial charge in [-0.15, -0.1) is 0 Å². The van der Waals surface area contributed by atoms with Gasteiger partial charge in [0.15, 0.2) is 0 Å². The zero-order valence-electron chi connectivity index (χ0n) is 13.0. The highest BCUT2D eigenvalue weighted by atomic mass is 16.5. The molecular weight excluding hydrogens is 258 g/mol. The van der Waals surface area contributed by atoms with Crippen LogP contribution in [0.15, 0.2) is 0 Å². The number of hydrogen-bond acceptors (Lipinski definition) is 5. The Kier molecular flexibility index (Phi) is 10.2. The van der Waals surface area contributed by atoms with Crippen molar-refractivity contribution in [2.45, 2.75) is 57.8 Å². The minimum Gasteiger partial charge on any atom is -0.389 e. The van der Waals surface area contributed by atoms with Gasteiger partial charge in [0.2, 0.25) is 0 Å². The Morgan fingerprint density at radius 2 is 1.90 bits per heavy atom. The fourth-order valence-corrected chi connectivity index (χ4v) is 2.24. The lowest BCUT2D eigenvalue weighted by Gasteiger charge is -2.14. The van der Waals surface area contributed by atoms with Crippen LogP contribution < -0.4 is 5.32 Å². The molecule has 0 spiro atoms. The van der Waals surface area contributed by atoms with Crippen LogP contribution in [0.3, 0.4) is 0 Å². The van der Waals surface area contributed by atoms with E-state index in [9.17, 15) is 5.11 Å². The second-order valence-electron chi connectivity index (χ2n) is 5.63. The van der Waals surface area contributed by atoms with Gasteiger partial charge < -0.3 is 24.6 Å². The van der Waals surface area contributed by atoms with Crippen LogP contribution in [0.4, 0.5) is 0 Å². The first kappa shape index (κ1) is 17.9. The van der Waals surface area contributed by atoms with E-state index in [1.165, 1.54) is 25.7 Å². The van der Waals surface area contributed by atoms with Gasteiger partial charge in [-0.25, -0.2) is 0 Å². The molecule has 0 amide bonds. The molecule has 1 fully saturated rings. The number of aliphatic hydroxyl groups is 1. The zero-order chi connectivity index (χ0) is 14.6. The van der Waals surface area contributed by atoms with Crippen molar-refractivity contribution in [3.05, 3.63) is 0 Å². The minimum absolute atomic E-state index is 0.227. The van der Waals surface area contributed by atoms with Crippen LogP contribution in [0.1, 0.15) is 39.5 Å². The van der Waals surface area contributed by atoms with Crippen LogP contribution in [-0.2, 0) is 14.2 Å². The molecule has 0 radical (unpaired) electrons. The molecule has 1 atom stereocenters. The Morgan fingerprint density at radius 3 is 2.60 bits per heavy atom. The predicted octanol–water partition coefficient (Wildman–Crippen LogP) is 1.34. The van der Waals surface area contributed by atoms with Crippen LogP contribution in [0.2, 0.25) is 0 Å². The van der Waals surface area contributed by atoms with E-state index in [1.807, 2.05) is 13.8 Å². The summed E-state index contributed by atoms with van der Waals surface area (Å²) < 4.78 is 16.4. The molecule has 120 valence electrons. The maximum Gasteiger partial charge on any atom is 0.0897 e. The van der Waals surface area contributed by atoms with Gasteiger partial charge in [0.25, 0.3) is 0 Å². The summed E-state index contributed by atoms with van der Waals surface area (Å²) in [6, 6.07) is 0. The highest BCUT2D eigenvalue weighted by Crippen LogP contribution is 2.20. The third kappa shape index (κ3) is 9.66. The highest BCUT2D eigenvalue weighted by molar-refractivity contribution is 4.67. The summed E-state index contributed by atoms with van der Waals surface area (Å²) in [4.78, 5) is 0. The van der Waals surface area contributed by atoms with Crippen molar-refractivity contribution in [1.29, 1.82) is 0 Å². The van der Waals surface area contributed by atoms with Gasteiger partial charge in [-0.3, -0.25) is 0 Å². The Morgan fingerprint density at radius 1 is 1.15 bits per heavy atom. The quantitative estimate of drug-likeness (QED) is 0.531. The van der Waals surface area contributed by atoms with Crippen molar-refractivity contribution in [3.63, 3.8) is 0 Å². The topological polar surface area (TPSA) is 60.0 Å². The molecular formula is C15H31NO4. The van der Waals surface area contributed by atoms with Gasteiger partial charge in [-0.2, -0.15) is 0 Å². The van der Waals surface area contributed by atoms with Crippen molar-refractivity contribution in [3.8, 4) is 0 Å². The number of hydrogen-bond donors (Lipinski definition) is 2. The van der Waals surface area contributed by atoms with Crippen LogP contribution >= 0.6 is 0 Å². The summed E-state index contributed by atoms with van der Waals surface area (Å²) in [6.07, 6.45) is 5.23. The lowest BCUT2D eigenvalue weighted by Crippen LogP contribution is -2.33. The van der Waals surface area contributed by atoms with Crippen LogP contribution in [0, 0.1) is 0 Å². The van der Waals surface area contributed by atoms with E-state index in [1.54, 1.807) is 0 Å². The summed E-state index contributed by atoms with van der Waals surface area (Å²) in [5.41, 5.74) is 0. The molecule has 20 heavy (non-hydrogen) atoms. The Labute approximate surface area is 123 Å². The molecule has 0 heterocycles. The van der Waals surface area contributed by atoms with Crippen molar-refractivity contribution in [2.24, 2.45) is 0 Å². The van der Waals surface area contributed by atoms with E-state index in [0.717, 1.165) is 13.2 Å². The van der Waals surface area contributed by atoms with Gasteiger partial charge >= 0.3 is 0 Å². The fraction of sp³-hybridized carbons (Fsp3) is 1.00. The predicted molar refractivity (Wildman–Crippen MR) is 79.0 cm³/mol. The molecule has 0 saturated heterocycles. The second-order valence-corrected chi connectivity index (χ2v) is 5.63. The van der Waals surface area contributed by atoms with E-state index in [0.29, 0.717) is 32.5 Å². The maximum atomic E-state index is 9.70. The summed E-state index contributed by atoms with van der Waals surface area (Å²) >= 11 is 0. The number of rotatable bonds is 12. The molecule has 0 aromatic heterocycles. The normalized spacial score (nSPS) is 18.0. The molecule has 2 N–H and O–H groups in total. The second kappa shape index (κ2) is 11.5. The zero-order valence-corrected chi connectivity index (χ0v) is 13.0. The smallest absolute Gasteiger partial charge is 0.0897 e. The number of aliphatic hydroxyl groups excluding tert-OH is 1. The Bertz CT molecular complexity index is 220. The van der Waals surface area contributed by atoms with E-state index in [2.05, 4.69) is 5.32 Å². The van der Waals surface area contributed by atoms with Gasteiger partial charge in [0.05, 0.1) is 44.7 Å². The Balaban J connectivity index is 1.81. The molecule has 0 bridgehead atoms. The number of nitrogens with one attached hydrogen (secondary N) is 1. The van der Waals surface area contributed by atoms with E-state index < -0.39 is 6.10 Å². The lowest BCUT2D eigenvalue weighted by molar-refractivity contribution is -0.0106. The average Bonchev–Trinajstić information content (AvgIpc) is 2.90. The van der Waals surface area contributed by atoms with Gasteiger partial charge in [-0.05, 0) is 26.7 Å². The molecule has 1 aliphatic rings. The largest absolute Gasteiger partial charge is 0.389 e. The fourth-order valence-electron chi connectivity index (χ4n) is 2.24. The standard InChI is InChI=1S/C15H31NO4/c1-13(2)19-10-9-18-12-14(17)11-16-7-8-20-15-5-3-4-6-15/h13-17H,3-12H2,1-2H3. The first-order valence-electron chi connectivity index (χ1n) is 7.88. The molecule has 5 nitrogen and oxygen atoms in total. The maximum absolute atomic E-state index is 9.70. The third-order valence-corrected chi connectivity index (χ3v) is 3.30. The first-order valence-corrected chi connectivity index (χ1v) is 7.88. The van der Waals surface area contributed by atoms with Crippen LogP contribution in [0.5, 0.6) is 0 Å². The minimum atomic E-state index is -0.472. The lowest BCUT2D eigenvalue weighted by atomic mass is 10.3. The monoisotopic (exact) mass is 289 g/mol. The summed E-state index contributed by atoms with van der Waals surface area (Å²) in [5, 5.41) is 12.9. The Hall–Kier alpha value is -0.200. The molecule has 0 aromatic rings. The van der Waals surface area contributed by atoms with E-state index >= 15 is 0 Å². The summed E-state index contributed by atoms with van der Waals surface area (Å²) in [5.74, 6) is 0. The third-order valence-electron chi connectivity index (χ3n) is 3.30. The average molecular weight is 289 g/mol. The molecule has 5 heteroatoms. The van der Waals surface area contributed by atoms with E-state index in [-0.39, 0.29) is 6.10 Å². The first-order chi connectivity index (χ1) is 9.68. The number of ether oxygens (including phenoxy) is 3. The molecule has 1 unspecified atom stereocenters. The molecule has 1 aliphatic carbocycles. The SMILES string of the molecule is CC(C)OCCOCC(O)CNCCOC1CCCC1. The van der Waals surface area contributed by atoms with Gasteiger partial charge in [-0.1, -0.05) is 12.8 Å². The van der Waals surface area contributed by atoms with Crippen LogP contribution in [-0.4, -0.2) is 62.9 Å². The molecule has 0 aromatic carbocycles. The van der Waals surface area contributed by atoms with Crippen molar-refractivity contribution >= 4 is 0 Å². The van der Waals surface area contributed by atoms with Gasteiger partial charge in [0, 0.05) is 13.1 Å². The summed E-state index contributed by atoms with van der Waals surface area (Å²) in [6.45, 7) is 7.48. The van der Waals surface area contributed by atoms with Crippen molar-refractivity contribution in [1.82, 2.24) is 5.32 Å². The molecule has 1 saturated carbocycles. The van der Waals surface area contributed by atoms with Crippen LogP contribution in [0.25, 0.3) is 0 Å². The van der Waals surface area contributed by atoms with Gasteiger partial charge in [0.1, 0.15) is 0 Å². The summed E-state index contributed by atoms with van der Waals surface area (Å²) in [7, 11) is 0.